The second-order valence-electron chi connectivity index (χ2n) is 6.86. The van der Waals surface area contributed by atoms with Gasteiger partial charge in [0.15, 0.2) is 5.78 Å². The number of carbonyl (C=O) groups is 1. The van der Waals surface area contributed by atoms with Crippen LogP contribution in [0.1, 0.15) is 42.5 Å². The first-order valence-electron chi connectivity index (χ1n) is 9.96. The molecule has 2 rings (SSSR count). The van der Waals surface area contributed by atoms with Crippen molar-refractivity contribution in [3.63, 3.8) is 0 Å². The molecular formula is C23H27F2IN2O2. The lowest BCUT2D eigenvalue weighted by Crippen LogP contribution is -2.09. The van der Waals surface area contributed by atoms with Gasteiger partial charge in [0.25, 0.3) is 0 Å². The normalized spacial score (nSPS) is 10.7. The van der Waals surface area contributed by atoms with E-state index in [0.29, 0.717) is 6.61 Å². The van der Waals surface area contributed by atoms with E-state index in [1.165, 1.54) is 12.1 Å². The van der Waals surface area contributed by atoms with Crippen LogP contribution in [0.5, 0.6) is 5.75 Å². The molecule has 2 N–H and O–H groups in total. The van der Waals surface area contributed by atoms with Crippen LogP contribution in [-0.2, 0) is 0 Å². The molecule has 0 aromatic heterocycles. The standard InChI is InChI=1S/C23H27F2IN2O2/c1-3-21(29)23-20(28-19-10-9-17(26)15-18(19)25)13-16(24)14-22(23)30-12-8-6-4-5-7-11-27-2/h3,9-10,13-15,27-28H,1,4-8,11-12H2,2H3. The quantitative estimate of drug-likeness (QED) is 0.140. The number of carbonyl (C=O) groups excluding carboxylic acids is 1. The molecule has 0 aliphatic carbocycles. The largest absolute Gasteiger partial charge is 0.493 e. The first kappa shape index (κ1) is 24.3. The fourth-order valence-corrected chi connectivity index (χ4v) is 3.46. The Morgan fingerprint density at radius 3 is 2.53 bits per heavy atom. The average molecular weight is 528 g/mol. The van der Waals surface area contributed by atoms with Crippen molar-refractivity contribution in [1.82, 2.24) is 5.32 Å². The average Bonchev–Trinajstić information content (AvgIpc) is 2.71. The van der Waals surface area contributed by atoms with Crippen LogP contribution < -0.4 is 15.4 Å². The summed E-state index contributed by atoms with van der Waals surface area (Å²) in [6.07, 6.45) is 6.28. The zero-order valence-corrected chi connectivity index (χ0v) is 19.2. The first-order valence-corrected chi connectivity index (χ1v) is 11.0. The Morgan fingerprint density at radius 2 is 1.83 bits per heavy atom. The summed E-state index contributed by atoms with van der Waals surface area (Å²) in [4.78, 5) is 12.5. The van der Waals surface area contributed by atoms with Crippen LogP contribution in [0.25, 0.3) is 0 Å². The molecule has 0 unspecified atom stereocenters. The number of halogens is 3. The lowest BCUT2D eigenvalue weighted by atomic mass is 10.1. The lowest BCUT2D eigenvalue weighted by Gasteiger charge is -2.16. The molecule has 0 atom stereocenters. The van der Waals surface area contributed by atoms with Crippen LogP contribution in [0, 0.1) is 15.2 Å². The summed E-state index contributed by atoms with van der Waals surface area (Å²) in [6.45, 7) is 4.89. The van der Waals surface area contributed by atoms with Crippen molar-refractivity contribution in [1.29, 1.82) is 0 Å². The molecule has 0 bridgehead atoms. The molecule has 162 valence electrons. The summed E-state index contributed by atoms with van der Waals surface area (Å²) in [5, 5.41) is 5.94. The second-order valence-corrected chi connectivity index (χ2v) is 8.11. The van der Waals surface area contributed by atoms with E-state index < -0.39 is 17.4 Å². The maximum atomic E-state index is 14.2. The maximum Gasteiger partial charge on any atom is 0.191 e. The van der Waals surface area contributed by atoms with Crippen LogP contribution in [0.4, 0.5) is 20.2 Å². The molecule has 30 heavy (non-hydrogen) atoms. The molecule has 0 heterocycles. The molecule has 0 saturated carbocycles. The number of hydrogen-bond acceptors (Lipinski definition) is 4. The number of benzene rings is 2. The zero-order chi connectivity index (χ0) is 21.9. The molecule has 2 aromatic rings. The predicted octanol–water partition coefficient (Wildman–Crippen LogP) is 6.23. The molecule has 0 spiro atoms. The maximum absolute atomic E-state index is 14.2. The summed E-state index contributed by atoms with van der Waals surface area (Å²) in [5.41, 5.74) is 0.423. The molecule has 2 aromatic carbocycles. The third-order valence-electron chi connectivity index (χ3n) is 4.53. The van der Waals surface area contributed by atoms with Gasteiger partial charge in [-0.2, -0.15) is 0 Å². The number of ketones is 1. The molecule has 7 heteroatoms. The highest BCUT2D eigenvalue weighted by Gasteiger charge is 2.19. The van der Waals surface area contributed by atoms with Gasteiger partial charge in [-0.15, -0.1) is 0 Å². The van der Waals surface area contributed by atoms with Crippen molar-refractivity contribution in [3.8, 4) is 5.75 Å². The van der Waals surface area contributed by atoms with Crippen LogP contribution in [-0.4, -0.2) is 26.0 Å². The second kappa shape index (κ2) is 12.6. The predicted molar refractivity (Wildman–Crippen MR) is 126 cm³/mol. The zero-order valence-electron chi connectivity index (χ0n) is 17.1. The molecule has 0 aliphatic heterocycles. The van der Waals surface area contributed by atoms with E-state index in [0.717, 1.165) is 54.4 Å². The van der Waals surface area contributed by atoms with Gasteiger partial charge >= 0.3 is 0 Å². The van der Waals surface area contributed by atoms with Gasteiger partial charge in [0.2, 0.25) is 0 Å². The number of rotatable bonds is 13. The van der Waals surface area contributed by atoms with Crippen LogP contribution in [0.3, 0.4) is 0 Å². The van der Waals surface area contributed by atoms with Gasteiger partial charge in [-0.05, 0) is 79.4 Å². The van der Waals surface area contributed by atoms with E-state index >= 15 is 0 Å². The van der Waals surface area contributed by atoms with Crippen molar-refractivity contribution in [2.45, 2.75) is 32.1 Å². The molecule has 0 radical (unpaired) electrons. The van der Waals surface area contributed by atoms with Gasteiger partial charge in [0.05, 0.1) is 23.5 Å². The monoisotopic (exact) mass is 528 g/mol. The van der Waals surface area contributed by atoms with Crippen LogP contribution in [0.15, 0.2) is 43.0 Å². The smallest absolute Gasteiger partial charge is 0.191 e. The number of nitrogens with one attached hydrogen (secondary N) is 2. The Balaban J connectivity index is 2.13. The highest BCUT2D eigenvalue weighted by atomic mass is 127. The fourth-order valence-electron chi connectivity index (χ4n) is 3.00. The number of anilines is 2. The van der Waals surface area contributed by atoms with Gasteiger partial charge in [0, 0.05) is 9.64 Å². The van der Waals surface area contributed by atoms with Gasteiger partial charge in [-0.3, -0.25) is 4.79 Å². The van der Waals surface area contributed by atoms with E-state index in [1.54, 1.807) is 12.1 Å². The third-order valence-corrected chi connectivity index (χ3v) is 5.20. The Labute approximate surface area is 190 Å². The Kier molecular flexibility index (Phi) is 10.2. The van der Waals surface area contributed by atoms with Crippen molar-refractivity contribution in [3.05, 3.63) is 63.8 Å². The summed E-state index contributed by atoms with van der Waals surface area (Å²) in [7, 11) is 1.94. The van der Waals surface area contributed by atoms with E-state index in [-0.39, 0.29) is 22.7 Å². The fraction of sp³-hybridized carbons (Fsp3) is 0.348. The van der Waals surface area contributed by atoms with Crippen molar-refractivity contribution in [2.24, 2.45) is 0 Å². The SMILES string of the molecule is C=CC(=O)c1c(Nc2ccc(I)cc2F)cc(F)cc1OCCCCCCCNC. The van der Waals surface area contributed by atoms with Gasteiger partial charge in [0.1, 0.15) is 17.4 Å². The minimum atomic E-state index is -0.578. The molecule has 0 aliphatic rings. The van der Waals surface area contributed by atoms with Gasteiger partial charge in [-0.1, -0.05) is 25.8 Å². The summed E-state index contributed by atoms with van der Waals surface area (Å²) in [6, 6.07) is 6.94. The Hall–Kier alpha value is -2.00. The Morgan fingerprint density at radius 1 is 1.10 bits per heavy atom. The molecular weight excluding hydrogens is 501 g/mol. The number of hydrogen-bond donors (Lipinski definition) is 2. The van der Waals surface area contributed by atoms with E-state index in [1.807, 2.05) is 29.6 Å². The first-order chi connectivity index (χ1) is 14.5. The van der Waals surface area contributed by atoms with Crippen molar-refractivity contribution >= 4 is 39.7 Å². The summed E-state index contributed by atoms with van der Waals surface area (Å²) in [5.74, 6) is -1.37. The number of unbranched alkanes of at least 4 members (excludes halogenated alkanes) is 4. The highest BCUT2D eigenvalue weighted by Crippen LogP contribution is 2.32. The molecule has 0 saturated heterocycles. The lowest BCUT2D eigenvalue weighted by molar-refractivity contribution is 0.104. The molecule has 0 amide bonds. The Bertz CT molecular complexity index is 875. The number of allylic oxidation sites excluding steroid dienone is 1. The highest BCUT2D eigenvalue weighted by molar-refractivity contribution is 14.1. The van der Waals surface area contributed by atoms with Crippen LogP contribution >= 0.6 is 22.6 Å². The van der Waals surface area contributed by atoms with E-state index in [4.69, 9.17) is 4.74 Å². The van der Waals surface area contributed by atoms with Gasteiger partial charge in [-0.25, -0.2) is 8.78 Å². The molecule has 4 nitrogen and oxygen atoms in total. The van der Waals surface area contributed by atoms with E-state index in [2.05, 4.69) is 17.2 Å². The summed E-state index contributed by atoms with van der Waals surface area (Å²) >= 11 is 2.00. The van der Waals surface area contributed by atoms with Gasteiger partial charge < -0.3 is 15.4 Å². The van der Waals surface area contributed by atoms with Crippen molar-refractivity contribution in [2.75, 3.05) is 25.5 Å². The van der Waals surface area contributed by atoms with Crippen molar-refractivity contribution < 1.29 is 18.3 Å². The summed E-state index contributed by atoms with van der Waals surface area (Å²) < 4.78 is 35.0. The minimum Gasteiger partial charge on any atom is -0.493 e. The van der Waals surface area contributed by atoms with E-state index in [9.17, 15) is 13.6 Å². The van der Waals surface area contributed by atoms with Crippen LogP contribution in [0.2, 0.25) is 0 Å². The molecule has 0 fully saturated rings. The minimum absolute atomic E-state index is 0.128. The number of ether oxygens (including phenoxy) is 1. The third kappa shape index (κ3) is 7.36. The topological polar surface area (TPSA) is 50.4 Å².